The number of hydrogen-bond donors (Lipinski definition) is 3. The van der Waals surface area contributed by atoms with Crippen LogP contribution in [0.4, 0.5) is 13.2 Å². The molecule has 30 heavy (non-hydrogen) atoms. The van der Waals surface area contributed by atoms with Gasteiger partial charge in [0, 0.05) is 0 Å². The van der Waals surface area contributed by atoms with E-state index in [-0.39, 0.29) is 0 Å². The molecule has 0 saturated carbocycles. The van der Waals surface area contributed by atoms with Gasteiger partial charge >= 0.3 is 15.5 Å². The third-order valence-electron chi connectivity index (χ3n) is 4.91. The van der Waals surface area contributed by atoms with Crippen LogP contribution in [0.25, 0.3) is 0 Å². The Hall–Kier alpha value is -2.43. The van der Waals surface area contributed by atoms with E-state index in [2.05, 4.69) is 10.6 Å². The molecule has 2 aromatic rings. The third kappa shape index (κ3) is 5.18. The summed E-state index contributed by atoms with van der Waals surface area (Å²) in [5.74, 6) is -0.395. The lowest BCUT2D eigenvalue weighted by Crippen LogP contribution is -2.48. The van der Waals surface area contributed by atoms with E-state index >= 15 is 0 Å². The Bertz CT molecular complexity index is 948. The SMILES string of the molecule is O=C(N[C@H](c1ccccc1)[C@@H](NS(=O)(=O)C(F)(F)F)c1ccccc1)[C@@H]1CCCN1. The Morgan fingerprint density at radius 1 is 0.967 bits per heavy atom. The van der Waals surface area contributed by atoms with Gasteiger partial charge in [0.2, 0.25) is 5.91 Å². The highest BCUT2D eigenvalue weighted by Gasteiger charge is 2.48. The van der Waals surface area contributed by atoms with E-state index in [1.54, 1.807) is 53.3 Å². The zero-order valence-corrected chi connectivity index (χ0v) is 16.7. The van der Waals surface area contributed by atoms with Crippen molar-refractivity contribution in [3.05, 3.63) is 71.8 Å². The fourth-order valence-corrected chi connectivity index (χ4v) is 4.14. The van der Waals surface area contributed by atoms with Gasteiger partial charge in [-0.25, -0.2) is 8.42 Å². The van der Waals surface area contributed by atoms with Crippen molar-refractivity contribution in [2.24, 2.45) is 0 Å². The molecule has 1 aliphatic rings. The predicted molar refractivity (Wildman–Crippen MR) is 106 cm³/mol. The smallest absolute Gasteiger partial charge is 0.346 e. The predicted octanol–water partition coefficient (Wildman–Crippen LogP) is 2.78. The van der Waals surface area contributed by atoms with Crippen molar-refractivity contribution in [1.82, 2.24) is 15.4 Å². The molecule has 3 atom stereocenters. The van der Waals surface area contributed by atoms with E-state index in [9.17, 15) is 26.4 Å². The molecular weight excluding hydrogens is 419 g/mol. The summed E-state index contributed by atoms with van der Waals surface area (Å²) < 4.78 is 65.1. The first-order chi connectivity index (χ1) is 14.2. The highest BCUT2D eigenvalue weighted by molar-refractivity contribution is 7.90. The van der Waals surface area contributed by atoms with Crippen molar-refractivity contribution in [1.29, 1.82) is 0 Å². The summed E-state index contributed by atoms with van der Waals surface area (Å²) in [4.78, 5) is 12.8. The summed E-state index contributed by atoms with van der Waals surface area (Å²) in [6.07, 6.45) is 1.40. The van der Waals surface area contributed by atoms with Crippen LogP contribution in [0.2, 0.25) is 0 Å². The van der Waals surface area contributed by atoms with Gasteiger partial charge < -0.3 is 10.6 Å². The number of nitrogens with one attached hydrogen (secondary N) is 3. The number of rotatable bonds is 7. The zero-order valence-electron chi connectivity index (χ0n) is 15.9. The topological polar surface area (TPSA) is 87.3 Å². The molecule has 0 unspecified atom stereocenters. The molecule has 10 heteroatoms. The quantitative estimate of drug-likeness (QED) is 0.617. The molecule has 1 saturated heterocycles. The van der Waals surface area contributed by atoms with Crippen molar-refractivity contribution in [2.45, 2.75) is 36.5 Å². The fraction of sp³-hybridized carbons (Fsp3) is 0.350. The highest BCUT2D eigenvalue weighted by atomic mass is 32.2. The number of sulfonamides is 1. The van der Waals surface area contributed by atoms with Crippen LogP contribution in [-0.4, -0.2) is 32.4 Å². The van der Waals surface area contributed by atoms with E-state index in [1.807, 2.05) is 0 Å². The second-order valence-electron chi connectivity index (χ2n) is 7.00. The second kappa shape index (κ2) is 9.15. The summed E-state index contributed by atoms with van der Waals surface area (Å²) in [5.41, 5.74) is -4.72. The number of hydrogen-bond acceptors (Lipinski definition) is 4. The average molecular weight is 441 g/mol. The zero-order chi connectivity index (χ0) is 21.8. The van der Waals surface area contributed by atoms with Gasteiger partial charge in [-0.1, -0.05) is 60.7 Å². The molecule has 0 radical (unpaired) electrons. The maximum atomic E-state index is 13.1. The molecular formula is C20H22F3N3O3S. The summed E-state index contributed by atoms with van der Waals surface area (Å²) >= 11 is 0. The van der Waals surface area contributed by atoms with Crippen LogP contribution in [0.15, 0.2) is 60.7 Å². The molecule has 0 spiro atoms. The van der Waals surface area contributed by atoms with Crippen molar-refractivity contribution >= 4 is 15.9 Å². The fourth-order valence-electron chi connectivity index (χ4n) is 3.40. The molecule has 0 bridgehead atoms. The molecule has 6 nitrogen and oxygen atoms in total. The normalized spacial score (nSPS) is 19.2. The van der Waals surface area contributed by atoms with Gasteiger partial charge in [-0.05, 0) is 30.5 Å². The summed E-state index contributed by atoms with van der Waals surface area (Å²) in [5, 5.41) is 5.79. The summed E-state index contributed by atoms with van der Waals surface area (Å²) in [6, 6.07) is 13.3. The molecule has 0 aliphatic carbocycles. The molecule has 1 amide bonds. The van der Waals surface area contributed by atoms with Crippen LogP contribution in [-0.2, 0) is 14.8 Å². The first-order valence-corrected chi connectivity index (χ1v) is 10.9. The molecule has 3 N–H and O–H groups in total. The maximum Gasteiger partial charge on any atom is 0.511 e. The van der Waals surface area contributed by atoms with Gasteiger partial charge in [0.15, 0.2) is 0 Å². The Morgan fingerprint density at radius 2 is 1.50 bits per heavy atom. The Kier molecular flexibility index (Phi) is 6.79. The lowest BCUT2D eigenvalue weighted by atomic mass is 9.93. The minimum absolute atomic E-state index is 0.291. The van der Waals surface area contributed by atoms with Crippen molar-refractivity contribution in [3.8, 4) is 0 Å². The Morgan fingerprint density at radius 3 is 1.97 bits per heavy atom. The average Bonchev–Trinajstić information content (AvgIpc) is 3.26. The molecule has 1 fully saturated rings. The van der Waals surface area contributed by atoms with Gasteiger partial charge in [0.05, 0.1) is 18.1 Å². The van der Waals surface area contributed by atoms with Crippen LogP contribution >= 0.6 is 0 Å². The van der Waals surface area contributed by atoms with Crippen LogP contribution < -0.4 is 15.4 Å². The standard InChI is InChI=1S/C20H22F3N3O3S/c21-20(22,23)30(28,29)26-18(15-10-5-2-6-11-15)17(14-8-3-1-4-9-14)25-19(27)16-12-7-13-24-16/h1-6,8-11,16-18,24,26H,7,12-13H2,(H,25,27)/t16-,17+,18-/m0/s1. The second-order valence-corrected chi connectivity index (χ2v) is 8.71. The van der Waals surface area contributed by atoms with Gasteiger partial charge in [-0.2, -0.15) is 17.9 Å². The summed E-state index contributed by atoms with van der Waals surface area (Å²) in [6.45, 7) is 0.664. The number of benzene rings is 2. The maximum absolute atomic E-state index is 13.1. The minimum Gasteiger partial charge on any atom is -0.346 e. The van der Waals surface area contributed by atoms with Crippen molar-refractivity contribution in [3.63, 3.8) is 0 Å². The van der Waals surface area contributed by atoms with E-state index in [0.29, 0.717) is 24.1 Å². The van der Waals surface area contributed by atoms with Gasteiger partial charge in [-0.15, -0.1) is 0 Å². The lowest BCUT2D eigenvalue weighted by Gasteiger charge is -2.30. The van der Waals surface area contributed by atoms with E-state index in [0.717, 1.165) is 6.42 Å². The first kappa shape index (κ1) is 22.3. The molecule has 1 heterocycles. The van der Waals surface area contributed by atoms with E-state index in [1.165, 1.54) is 12.1 Å². The van der Waals surface area contributed by atoms with Gasteiger partial charge in [-0.3, -0.25) is 4.79 Å². The highest BCUT2D eigenvalue weighted by Crippen LogP contribution is 2.33. The molecule has 1 aliphatic heterocycles. The summed E-state index contributed by atoms with van der Waals surface area (Å²) in [7, 11) is -5.67. The molecule has 162 valence electrons. The number of alkyl halides is 3. The Labute approximate surface area is 172 Å². The lowest BCUT2D eigenvalue weighted by molar-refractivity contribution is -0.123. The van der Waals surface area contributed by atoms with Crippen molar-refractivity contribution < 1.29 is 26.4 Å². The molecule has 2 aromatic carbocycles. The number of amides is 1. The van der Waals surface area contributed by atoms with Gasteiger partial charge in [0.1, 0.15) is 0 Å². The number of carbonyl (C=O) groups is 1. The number of carbonyl (C=O) groups excluding carboxylic acids is 1. The van der Waals surface area contributed by atoms with E-state index < -0.39 is 39.6 Å². The van der Waals surface area contributed by atoms with Crippen molar-refractivity contribution in [2.75, 3.05) is 6.54 Å². The molecule has 0 aromatic heterocycles. The molecule has 3 rings (SSSR count). The van der Waals surface area contributed by atoms with Crippen LogP contribution in [0.5, 0.6) is 0 Å². The third-order valence-corrected chi connectivity index (χ3v) is 6.09. The Balaban J connectivity index is 2.02. The van der Waals surface area contributed by atoms with Crippen LogP contribution in [0.1, 0.15) is 36.1 Å². The van der Waals surface area contributed by atoms with Crippen LogP contribution in [0.3, 0.4) is 0 Å². The van der Waals surface area contributed by atoms with E-state index in [4.69, 9.17) is 0 Å². The van der Waals surface area contributed by atoms with Crippen LogP contribution in [0, 0.1) is 0 Å². The monoisotopic (exact) mass is 441 g/mol. The largest absolute Gasteiger partial charge is 0.511 e. The minimum atomic E-state index is -5.67. The number of halogens is 3. The first-order valence-electron chi connectivity index (χ1n) is 9.41. The van der Waals surface area contributed by atoms with Gasteiger partial charge in [0.25, 0.3) is 0 Å².